The van der Waals surface area contributed by atoms with Gasteiger partial charge in [0.25, 0.3) is 0 Å². The summed E-state index contributed by atoms with van der Waals surface area (Å²) in [5.41, 5.74) is 0. The third-order valence-corrected chi connectivity index (χ3v) is 4.46. The van der Waals surface area contributed by atoms with Crippen LogP contribution in [0, 0.1) is 0 Å². The van der Waals surface area contributed by atoms with Gasteiger partial charge in [0, 0.05) is 23.5 Å². The van der Waals surface area contributed by atoms with Crippen LogP contribution in [0.25, 0.3) is 0 Å². The van der Waals surface area contributed by atoms with Crippen molar-refractivity contribution in [1.29, 1.82) is 0 Å². The summed E-state index contributed by atoms with van der Waals surface area (Å²) in [4.78, 5) is 10.9. The number of nitrogens with one attached hydrogen (secondary N) is 1. The topological polar surface area (TPSA) is 29.1 Å². The highest BCUT2D eigenvalue weighted by atomic mass is 32.2. The predicted octanol–water partition coefficient (Wildman–Crippen LogP) is 1.94. The highest BCUT2D eigenvalue weighted by molar-refractivity contribution is 7.99. The van der Waals surface area contributed by atoms with Gasteiger partial charge in [0.05, 0.1) is 0 Å². The molecule has 1 atom stereocenters. The van der Waals surface area contributed by atoms with Gasteiger partial charge in [-0.1, -0.05) is 12.8 Å². The second-order valence-corrected chi connectivity index (χ2v) is 5.38. The Morgan fingerprint density at radius 1 is 1.31 bits per heavy atom. The Bertz CT molecular complexity index is 189. The van der Waals surface area contributed by atoms with Crippen molar-refractivity contribution in [3.63, 3.8) is 0 Å². The molecule has 0 aromatic heterocycles. The Morgan fingerprint density at radius 3 is 2.69 bits per heavy atom. The molecule has 2 nitrogen and oxygen atoms in total. The summed E-state index contributed by atoms with van der Waals surface area (Å²) >= 11 is 2.07. The maximum absolute atomic E-state index is 10.9. The normalized spacial score (nSPS) is 29.5. The molecular weight excluding hydrogens is 182 g/mol. The molecule has 1 aliphatic heterocycles. The largest absolute Gasteiger partial charge is 0.353 e. The van der Waals surface area contributed by atoms with Crippen molar-refractivity contribution >= 4 is 17.7 Å². The summed E-state index contributed by atoms with van der Waals surface area (Å²) in [5, 5.41) is 3.90. The number of carbonyl (C=O) groups excluding carboxylic acids is 1. The number of thioether (sulfide) groups is 1. The van der Waals surface area contributed by atoms with Gasteiger partial charge in [-0.15, -0.1) is 0 Å². The monoisotopic (exact) mass is 199 g/mol. The number of hydrogen-bond donors (Lipinski definition) is 1. The number of amides is 1. The molecule has 1 saturated heterocycles. The molecule has 2 rings (SSSR count). The van der Waals surface area contributed by atoms with E-state index in [0.717, 1.165) is 23.8 Å². The predicted molar refractivity (Wildman–Crippen MR) is 55.9 cm³/mol. The zero-order chi connectivity index (χ0) is 9.10. The van der Waals surface area contributed by atoms with Crippen molar-refractivity contribution < 1.29 is 4.79 Å². The van der Waals surface area contributed by atoms with Crippen LogP contribution >= 0.6 is 11.8 Å². The Labute approximate surface area is 83.8 Å². The number of carbonyl (C=O) groups is 1. The molecule has 1 N–H and O–H groups in total. The van der Waals surface area contributed by atoms with E-state index in [9.17, 15) is 4.79 Å². The van der Waals surface area contributed by atoms with Crippen LogP contribution in [0.15, 0.2) is 0 Å². The third-order valence-electron chi connectivity index (χ3n) is 2.92. The van der Waals surface area contributed by atoms with E-state index >= 15 is 0 Å². The van der Waals surface area contributed by atoms with E-state index in [1.807, 2.05) is 0 Å². The number of rotatable bonds is 3. The van der Waals surface area contributed by atoms with E-state index in [0.29, 0.717) is 6.04 Å². The lowest BCUT2D eigenvalue weighted by molar-refractivity contribution is -0.119. The van der Waals surface area contributed by atoms with Gasteiger partial charge in [-0.25, -0.2) is 0 Å². The van der Waals surface area contributed by atoms with Crippen LogP contribution in [-0.2, 0) is 4.79 Å². The van der Waals surface area contributed by atoms with Gasteiger partial charge in [0.15, 0.2) is 0 Å². The summed E-state index contributed by atoms with van der Waals surface area (Å²) in [7, 11) is 0. The quantitative estimate of drug-likeness (QED) is 0.752. The third kappa shape index (κ3) is 2.63. The van der Waals surface area contributed by atoms with Gasteiger partial charge in [-0.2, -0.15) is 11.8 Å². The molecule has 2 aliphatic rings. The minimum atomic E-state index is 0.247. The Morgan fingerprint density at radius 2 is 2.08 bits per heavy atom. The average Bonchev–Trinajstić information content (AvgIpc) is 2.71. The van der Waals surface area contributed by atoms with Crippen molar-refractivity contribution in [2.24, 2.45) is 0 Å². The van der Waals surface area contributed by atoms with Crippen molar-refractivity contribution in [2.75, 3.05) is 5.75 Å². The lowest BCUT2D eigenvalue weighted by Crippen LogP contribution is -2.27. The first-order valence-electron chi connectivity index (χ1n) is 5.25. The van der Waals surface area contributed by atoms with E-state index in [4.69, 9.17) is 0 Å². The molecule has 74 valence electrons. The van der Waals surface area contributed by atoms with E-state index in [1.165, 1.54) is 25.7 Å². The van der Waals surface area contributed by atoms with Gasteiger partial charge in [0.2, 0.25) is 5.91 Å². The molecule has 0 spiro atoms. The molecule has 1 heterocycles. The molecule has 0 aromatic rings. The second kappa shape index (κ2) is 4.36. The Hall–Kier alpha value is -0.180. The lowest BCUT2D eigenvalue weighted by atomic mass is 10.2. The van der Waals surface area contributed by atoms with Gasteiger partial charge in [-0.3, -0.25) is 4.79 Å². The van der Waals surface area contributed by atoms with Crippen LogP contribution in [0.1, 0.15) is 38.5 Å². The van der Waals surface area contributed by atoms with E-state index in [2.05, 4.69) is 17.1 Å². The molecule has 0 bridgehead atoms. The highest BCUT2D eigenvalue weighted by Crippen LogP contribution is 2.30. The molecular formula is C10H17NOS. The fourth-order valence-corrected chi connectivity index (χ4v) is 3.53. The Balaban J connectivity index is 1.64. The molecule has 1 amide bonds. The van der Waals surface area contributed by atoms with Gasteiger partial charge < -0.3 is 5.32 Å². The Kier molecular flexibility index (Phi) is 3.14. The zero-order valence-electron chi connectivity index (χ0n) is 7.92. The smallest absolute Gasteiger partial charge is 0.220 e. The minimum Gasteiger partial charge on any atom is -0.353 e. The first-order chi connectivity index (χ1) is 6.34. The molecule has 0 aromatic carbocycles. The molecule has 3 heteroatoms. The van der Waals surface area contributed by atoms with Crippen LogP contribution in [0.3, 0.4) is 0 Å². The SMILES string of the molecule is O=C1CCC(CSC2CCCC2)N1. The first-order valence-corrected chi connectivity index (χ1v) is 6.30. The fourth-order valence-electron chi connectivity index (χ4n) is 2.11. The number of hydrogen-bond acceptors (Lipinski definition) is 2. The van der Waals surface area contributed by atoms with Gasteiger partial charge in [0.1, 0.15) is 0 Å². The summed E-state index contributed by atoms with van der Waals surface area (Å²) in [5.74, 6) is 1.38. The molecule has 13 heavy (non-hydrogen) atoms. The summed E-state index contributed by atoms with van der Waals surface area (Å²) in [6, 6.07) is 0.470. The van der Waals surface area contributed by atoms with Crippen LogP contribution in [0.5, 0.6) is 0 Å². The standard InChI is InChI=1S/C10H17NOS/c12-10-6-5-8(11-10)7-13-9-3-1-2-4-9/h8-9H,1-7H2,(H,11,12). The minimum absolute atomic E-state index is 0.247. The molecule has 1 saturated carbocycles. The van der Waals surface area contributed by atoms with E-state index in [1.54, 1.807) is 0 Å². The van der Waals surface area contributed by atoms with Crippen LogP contribution < -0.4 is 5.32 Å². The van der Waals surface area contributed by atoms with E-state index < -0.39 is 0 Å². The maximum Gasteiger partial charge on any atom is 0.220 e. The van der Waals surface area contributed by atoms with Crippen LogP contribution in [-0.4, -0.2) is 23.0 Å². The maximum atomic E-state index is 10.9. The molecule has 2 fully saturated rings. The van der Waals surface area contributed by atoms with Crippen molar-refractivity contribution in [3.8, 4) is 0 Å². The zero-order valence-corrected chi connectivity index (χ0v) is 8.74. The summed E-state index contributed by atoms with van der Waals surface area (Å²) in [6.45, 7) is 0. The molecule has 0 radical (unpaired) electrons. The average molecular weight is 199 g/mol. The van der Waals surface area contributed by atoms with Crippen molar-refractivity contribution in [2.45, 2.75) is 49.8 Å². The second-order valence-electron chi connectivity index (χ2n) is 4.04. The van der Waals surface area contributed by atoms with Crippen molar-refractivity contribution in [3.05, 3.63) is 0 Å². The molecule has 1 aliphatic carbocycles. The fraction of sp³-hybridized carbons (Fsp3) is 0.900. The van der Waals surface area contributed by atoms with Crippen LogP contribution in [0.2, 0.25) is 0 Å². The van der Waals surface area contributed by atoms with Crippen LogP contribution in [0.4, 0.5) is 0 Å². The van der Waals surface area contributed by atoms with Crippen molar-refractivity contribution in [1.82, 2.24) is 5.32 Å². The van der Waals surface area contributed by atoms with Gasteiger partial charge in [-0.05, 0) is 19.3 Å². The highest BCUT2D eigenvalue weighted by Gasteiger charge is 2.23. The lowest BCUT2D eigenvalue weighted by Gasteiger charge is -2.13. The first kappa shape index (κ1) is 9.38. The molecule has 1 unspecified atom stereocenters. The van der Waals surface area contributed by atoms with E-state index in [-0.39, 0.29) is 5.91 Å². The van der Waals surface area contributed by atoms with Gasteiger partial charge >= 0.3 is 0 Å². The summed E-state index contributed by atoms with van der Waals surface area (Å²) < 4.78 is 0. The summed E-state index contributed by atoms with van der Waals surface area (Å²) in [6.07, 6.45) is 7.41.